The molecular weight excluding hydrogens is 667 g/mol. The standard InChI is InChI=1S/2C16H14FN3O3S/c2*1-9(5-6-13(21)22)15(23)20-16-19-14(12(8-18)24-16)10-3-2-4-11(17)7-10/h2*2-4,7,9H,5-6H2,1H3,(H,21,22)(H,19,20,23)/t9-;/m1./s1. The molecule has 48 heavy (non-hydrogen) atoms. The molecule has 2 heterocycles. The van der Waals surface area contributed by atoms with E-state index in [-0.39, 0.29) is 57.5 Å². The number of rotatable bonds is 12. The molecule has 0 bridgehead atoms. The molecule has 0 saturated carbocycles. The number of nitrogens with zero attached hydrogens (tertiary/aromatic N) is 4. The van der Waals surface area contributed by atoms with Crippen LogP contribution in [-0.2, 0) is 19.2 Å². The van der Waals surface area contributed by atoms with E-state index in [4.69, 9.17) is 10.2 Å². The maximum absolute atomic E-state index is 13.3. The van der Waals surface area contributed by atoms with Crippen molar-refractivity contribution < 1.29 is 38.2 Å². The highest BCUT2D eigenvalue weighted by molar-refractivity contribution is 7.17. The predicted octanol–water partition coefficient (Wildman–Crippen LogP) is 6.52. The summed E-state index contributed by atoms with van der Waals surface area (Å²) < 4.78 is 26.7. The zero-order valence-corrected chi connectivity index (χ0v) is 27.1. The van der Waals surface area contributed by atoms with E-state index in [1.807, 2.05) is 12.1 Å². The first-order chi connectivity index (χ1) is 22.8. The molecule has 0 radical (unpaired) electrons. The van der Waals surface area contributed by atoms with E-state index in [0.29, 0.717) is 22.5 Å². The van der Waals surface area contributed by atoms with Gasteiger partial charge in [-0.25, -0.2) is 18.7 Å². The number of hydrogen-bond acceptors (Lipinski definition) is 10. The van der Waals surface area contributed by atoms with E-state index in [9.17, 15) is 38.5 Å². The summed E-state index contributed by atoms with van der Waals surface area (Å²) in [5.74, 6) is -4.59. The molecule has 2 aromatic heterocycles. The van der Waals surface area contributed by atoms with Crippen LogP contribution < -0.4 is 10.6 Å². The Labute approximate surface area is 281 Å². The first-order valence-electron chi connectivity index (χ1n) is 14.2. The highest BCUT2D eigenvalue weighted by Crippen LogP contribution is 2.32. The van der Waals surface area contributed by atoms with Crippen molar-refractivity contribution in [2.24, 2.45) is 11.8 Å². The molecule has 0 aliphatic rings. The second-order valence-electron chi connectivity index (χ2n) is 10.3. The second kappa shape index (κ2) is 17.4. The minimum Gasteiger partial charge on any atom is -0.481 e. The zero-order valence-electron chi connectivity index (χ0n) is 25.5. The van der Waals surface area contributed by atoms with Gasteiger partial charge < -0.3 is 20.8 Å². The molecule has 16 heteroatoms. The van der Waals surface area contributed by atoms with Crippen LogP contribution in [0.25, 0.3) is 22.5 Å². The third kappa shape index (κ3) is 10.8. The van der Waals surface area contributed by atoms with Crippen molar-refractivity contribution in [3.8, 4) is 34.7 Å². The van der Waals surface area contributed by atoms with Crippen LogP contribution in [0.15, 0.2) is 48.5 Å². The molecule has 4 aromatic rings. The fraction of sp³-hybridized carbons (Fsp3) is 0.250. The van der Waals surface area contributed by atoms with E-state index in [1.165, 1.54) is 36.4 Å². The van der Waals surface area contributed by atoms with Gasteiger partial charge in [0.05, 0.1) is 0 Å². The number of amides is 2. The number of nitrogens with one attached hydrogen (secondary N) is 2. The van der Waals surface area contributed by atoms with Crippen LogP contribution in [0.4, 0.5) is 19.0 Å². The Morgan fingerprint density at radius 3 is 1.44 bits per heavy atom. The lowest BCUT2D eigenvalue weighted by Gasteiger charge is -2.08. The number of thiazole rings is 2. The predicted molar refractivity (Wildman–Crippen MR) is 174 cm³/mol. The van der Waals surface area contributed by atoms with Gasteiger partial charge in [-0.3, -0.25) is 19.2 Å². The maximum Gasteiger partial charge on any atom is 0.303 e. The Kier molecular flexibility index (Phi) is 13.3. The van der Waals surface area contributed by atoms with Gasteiger partial charge >= 0.3 is 11.9 Å². The number of carboxylic acid groups (broad SMARTS) is 2. The normalized spacial score (nSPS) is 11.5. The van der Waals surface area contributed by atoms with E-state index < -0.39 is 35.4 Å². The number of carbonyl (C=O) groups excluding carboxylic acids is 2. The van der Waals surface area contributed by atoms with E-state index >= 15 is 0 Å². The van der Waals surface area contributed by atoms with Crippen LogP contribution in [0.5, 0.6) is 0 Å². The van der Waals surface area contributed by atoms with Gasteiger partial charge in [0.1, 0.15) is 44.9 Å². The summed E-state index contributed by atoms with van der Waals surface area (Å²) in [4.78, 5) is 54.1. The van der Waals surface area contributed by atoms with Gasteiger partial charge in [0, 0.05) is 35.8 Å². The summed E-state index contributed by atoms with van der Waals surface area (Å²) in [5.41, 5.74) is 1.50. The third-order valence-electron chi connectivity index (χ3n) is 6.59. The molecule has 4 rings (SSSR count). The number of aromatic nitrogens is 2. The molecule has 2 atom stereocenters. The van der Waals surface area contributed by atoms with Crippen molar-refractivity contribution in [3.05, 3.63) is 69.9 Å². The Balaban J connectivity index is 0.000000260. The molecule has 2 amide bonds. The Morgan fingerprint density at radius 2 is 1.12 bits per heavy atom. The van der Waals surface area contributed by atoms with Crippen molar-refractivity contribution in [1.29, 1.82) is 10.5 Å². The summed E-state index contributed by atoms with van der Waals surface area (Å²) in [6.07, 6.45) is 0.192. The lowest BCUT2D eigenvalue weighted by Crippen LogP contribution is -2.21. The highest BCUT2D eigenvalue weighted by Gasteiger charge is 2.20. The molecule has 0 fully saturated rings. The topological polar surface area (TPSA) is 206 Å². The number of halogens is 2. The molecule has 0 aliphatic heterocycles. The minimum atomic E-state index is -0.968. The largest absolute Gasteiger partial charge is 0.481 e. The first-order valence-corrected chi connectivity index (χ1v) is 15.8. The van der Waals surface area contributed by atoms with Crippen molar-refractivity contribution >= 4 is 56.7 Å². The molecular formula is C32H28F2N6O6S2. The summed E-state index contributed by atoms with van der Waals surface area (Å²) in [7, 11) is 0. The van der Waals surface area contributed by atoms with Gasteiger partial charge in [-0.15, -0.1) is 0 Å². The molecule has 0 spiro atoms. The smallest absolute Gasteiger partial charge is 0.303 e. The number of hydrogen-bond donors (Lipinski definition) is 4. The maximum atomic E-state index is 13.3. The molecule has 1 unspecified atom stereocenters. The van der Waals surface area contributed by atoms with Crippen molar-refractivity contribution in [1.82, 2.24) is 9.97 Å². The Morgan fingerprint density at radius 1 is 0.750 bits per heavy atom. The quantitative estimate of drug-likeness (QED) is 0.126. The third-order valence-corrected chi connectivity index (χ3v) is 8.34. The summed E-state index contributed by atoms with van der Waals surface area (Å²) >= 11 is 1.97. The number of anilines is 2. The molecule has 248 valence electrons. The molecule has 2 aromatic carbocycles. The fourth-order valence-corrected chi connectivity index (χ4v) is 5.54. The number of carboxylic acids is 2. The van der Waals surface area contributed by atoms with Gasteiger partial charge in [-0.1, -0.05) is 60.8 Å². The van der Waals surface area contributed by atoms with Crippen LogP contribution in [0, 0.1) is 46.1 Å². The monoisotopic (exact) mass is 694 g/mol. The van der Waals surface area contributed by atoms with Gasteiger partial charge in [0.2, 0.25) is 11.8 Å². The van der Waals surface area contributed by atoms with Crippen LogP contribution in [0.1, 0.15) is 49.3 Å². The summed E-state index contributed by atoms with van der Waals surface area (Å²) in [6, 6.07) is 15.3. The SMILES string of the molecule is CC(CCC(=O)O)C(=O)Nc1nc(-c2cccc(F)c2)c(C#N)s1.C[C@H](CCC(=O)O)C(=O)Nc1nc(-c2cccc(F)c2)c(C#N)s1. The number of aliphatic carboxylic acids is 2. The molecule has 12 nitrogen and oxygen atoms in total. The Bertz CT molecular complexity index is 1760. The lowest BCUT2D eigenvalue weighted by molar-refractivity contribution is -0.138. The van der Waals surface area contributed by atoms with Crippen LogP contribution in [0.3, 0.4) is 0 Å². The average molecular weight is 695 g/mol. The zero-order chi connectivity index (χ0) is 35.4. The average Bonchev–Trinajstić information content (AvgIpc) is 3.66. The number of nitriles is 2. The molecule has 4 N–H and O–H groups in total. The summed E-state index contributed by atoms with van der Waals surface area (Å²) in [6.45, 7) is 3.23. The van der Waals surface area contributed by atoms with Crippen LogP contribution >= 0.6 is 22.7 Å². The molecule has 0 saturated heterocycles. The van der Waals surface area contributed by atoms with Gasteiger partial charge in [0.25, 0.3) is 0 Å². The molecule has 0 aliphatic carbocycles. The van der Waals surface area contributed by atoms with Crippen molar-refractivity contribution in [2.75, 3.05) is 10.6 Å². The lowest BCUT2D eigenvalue weighted by atomic mass is 10.1. The highest BCUT2D eigenvalue weighted by atomic mass is 32.1. The van der Waals surface area contributed by atoms with Crippen LogP contribution in [-0.4, -0.2) is 43.9 Å². The van der Waals surface area contributed by atoms with E-state index in [0.717, 1.165) is 22.7 Å². The minimum absolute atomic E-state index is 0.107. The number of benzene rings is 2. The van der Waals surface area contributed by atoms with E-state index in [2.05, 4.69) is 20.6 Å². The van der Waals surface area contributed by atoms with Crippen LogP contribution in [0.2, 0.25) is 0 Å². The fourth-order valence-electron chi connectivity index (χ4n) is 3.96. The Hall–Kier alpha value is -5.58. The van der Waals surface area contributed by atoms with E-state index in [1.54, 1.807) is 26.0 Å². The van der Waals surface area contributed by atoms with Crippen molar-refractivity contribution in [2.45, 2.75) is 39.5 Å². The van der Waals surface area contributed by atoms with Gasteiger partial charge in [-0.05, 0) is 37.1 Å². The van der Waals surface area contributed by atoms with Gasteiger partial charge in [-0.2, -0.15) is 10.5 Å². The first kappa shape index (κ1) is 36.9. The summed E-state index contributed by atoms with van der Waals surface area (Å²) in [5, 5.41) is 41.3. The number of carbonyl (C=O) groups is 4. The second-order valence-corrected chi connectivity index (χ2v) is 12.3. The van der Waals surface area contributed by atoms with Gasteiger partial charge in [0.15, 0.2) is 10.3 Å². The van der Waals surface area contributed by atoms with Crippen molar-refractivity contribution in [3.63, 3.8) is 0 Å².